The van der Waals surface area contributed by atoms with E-state index in [1.165, 1.54) is 4.31 Å². The van der Waals surface area contributed by atoms with Gasteiger partial charge < -0.3 is 15.8 Å². The summed E-state index contributed by atoms with van der Waals surface area (Å²) in [5.41, 5.74) is 7.61. The molecule has 1 aliphatic rings. The van der Waals surface area contributed by atoms with Crippen molar-refractivity contribution in [3.05, 3.63) is 71.8 Å². The van der Waals surface area contributed by atoms with E-state index in [2.05, 4.69) is 5.32 Å². The number of hydrogen-bond acceptors (Lipinski definition) is 5. The molecule has 1 heterocycles. The first-order valence-electron chi connectivity index (χ1n) is 12.1. The summed E-state index contributed by atoms with van der Waals surface area (Å²) in [4.78, 5) is 0. The second kappa shape index (κ2) is 13.3. The molecule has 0 bridgehead atoms. The SMILES string of the molecule is CCCC(c1ccc2ccc(C(=N)N)cc2c1)S(=O)(=O)N(C)c1ccc(OC2CCNCC2)cc1.Cl.Cl. The molecule has 7 nitrogen and oxygen atoms in total. The number of halogens is 2. The number of nitrogens with one attached hydrogen (secondary N) is 2. The van der Waals surface area contributed by atoms with E-state index in [1.54, 1.807) is 25.2 Å². The summed E-state index contributed by atoms with van der Waals surface area (Å²) in [7, 11) is -2.08. The third kappa shape index (κ3) is 7.08. The van der Waals surface area contributed by atoms with Crippen molar-refractivity contribution >= 4 is 57.1 Å². The number of piperidine rings is 1. The summed E-state index contributed by atoms with van der Waals surface area (Å²) in [5.74, 6) is 0.745. The van der Waals surface area contributed by atoms with E-state index in [0.717, 1.165) is 54.4 Å². The monoisotopic (exact) mass is 566 g/mol. The zero-order valence-corrected chi connectivity index (χ0v) is 23.6. The second-order valence-corrected chi connectivity index (χ2v) is 11.2. The number of benzene rings is 3. The molecular formula is C27H36Cl2N4O3S. The van der Waals surface area contributed by atoms with Crippen LogP contribution in [0.4, 0.5) is 5.69 Å². The van der Waals surface area contributed by atoms with Gasteiger partial charge in [-0.05, 0) is 85.1 Å². The van der Waals surface area contributed by atoms with Gasteiger partial charge in [-0.15, -0.1) is 24.8 Å². The zero-order valence-electron chi connectivity index (χ0n) is 21.1. The van der Waals surface area contributed by atoms with Crippen LogP contribution >= 0.6 is 24.8 Å². The third-order valence-corrected chi connectivity index (χ3v) is 8.83. The van der Waals surface area contributed by atoms with Crippen LogP contribution in [0, 0.1) is 5.41 Å². The molecule has 1 aliphatic heterocycles. The molecule has 1 unspecified atom stereocenters. The first kappa shape index (κ1) is 30.7. The first-order valence-corrected chi connectivity index (χ1v) is 13.6. The number of nitrogens with two attached hydrogens (primary N) is 1. The van der Waals surface area contributed by atoms with Crippen molar-refractivity contribution in [1.29, 1.82) is 5.41 Å². The van der Waals surface area contributed by atoms with Gasteiger partial charge in [-0.2, -0.15) is 0 Å². The van der Waals surface area contributed by atoms with Crippen LogP contribution in [0.5, 0.6) is 5.75 Å². The van der Waals surface area contributed by atoms with Crippen LogP contribution in [-0.4, -0.2) is 40.5 Å². The molecule has 1 fully saturated rings. The minimum atomic E-state index is -3.69. The van der Waals surface area contributed by atoms with Crippen molar-refractivity contribution in [2.24, 2.45) is 5.73 Å². The van der Waals surface area contributed by atoms with Crippen molar-refractivity contribution in [3.63, 3.8) is 0 Å². The third-order valence-electron chi connectivity index (χ3n) is 6.63. The maximum atomic E-state index is 13.8. The topological polar surface area (TPSA) is 109 Å². The summed E-state index contributed by atoms with van der Waals surface area (Å²) in [6.07, 6.45) is 3.35. The average Bonchev–Trinajstić information content (AvgIpc) is 2.87. The lowest BCUT2D eigenvalue weighted by Gasteiger charge is -2.27. The number of anilines is 1. The Morgan fingerprint density at radius 3 is 2.32 bits per heavy atom. The van der Waals surface area contributed by atoms with Crippen LogP contribution in [-0.2, 0) is 10.0 Å². The molecular weight excluding hydrogens is 531 g/mol. The Kier molecular flexibility index (Phi) is 11.1. The van der Waals surface area contributed by atoms with Gasteiger partial charge in [0.25, 0.3) is 0 Å². The smallest absolute Gasteiger partial charge is 0.241 e. The normalized spacial score (nSPS) is 14.8. The Morgan fingerprint density at radius 2 is 1.70 bits per heavy atom. The summed E-state index contributed by atoms with van der Waals surface area (Å²) in [6.45, 7) is 3.89. The molecule has 1 atom stereocenters. The second-order valence-electron chi connectivity index (χ2n) is 9.09. The molecule has 1 saturated heterocycles. The van der Waals surface area contributed by atoms with Crippen LogP contribution in [0.1, 0.15) is 49.0 Å². The van der Waals surface area contributed by atoms with E-state index < -0.39 is 15.3 Å². The maximum absolute atomic E-state index is 13.8. The average molecular weight is 568 g/mol. The van der Waals surface area contributed by atoms with Crippen molar-refractivity contribution in [2.75, 3.05) is 24.4 Å². The first-order chi connectivity index (χ1) is 16.8. The van der Waals surface area contributed by atoms with Gasteiger partial charge in [-0.1, -0.05) is 37.6 Å². The van der Waals surface area contributed by atoms with Gasteiger partial charge >= 0.3 is 0 Å². The van der Waals surface area contributed by atoms with E-state index in [1.807, 2.05) is 49.4 Å². The van der Waals surface area contributed by atoms with Gasteiger partial charge in [0.15, 0.2) is 0 Å². The molecule has 0 aromatic heterocycles. The van der Waals surface area contributed by atoms with Gasteiger partial charge in [0.2, 0.25) is 10.0 Å². The lowest BCUT2D eigenvalue weighted by Crippen LogP contribution is -2.34. The van der Waals surface area contributed by atoms with E-state index in [9.17, 15) is 8.42 Å². The fourth-order valence-electron chi connectivity index (χ4n) is 4.56. The fourth-order valence-corrected chi connectivity index (χ4v) is 6.38. The Hall–Kier alpha value is -2.52. The molecule has 202 valence electrons. The lowest BCUT2D eigenvalue weighted by atomic mass is 10.0. The van der Waals surface area contributed by atoms with Gasteiger partial charge in [0.05, 0.1) is 5.69 Å². The zero-order chi connectivity index (χ0) is 25.0. The fraction of sp³-hybridized carbons (Fsp3) is 0.370. The quantitative estimate of drug-likeness (QED) is 0.237. The van der Waals surface area contributed by atoms with E-state index in [0.29, 0.717) is 17.7 Å². The number of hydrogen-bond donors (Lipinski definition) is 3. The lowest BCUT2D eigenvalue weighted by molar-refractivity contribution is 0.162. The number of fused-ring (bicyclic) bond motifs is 1. The highest BCUT2D eigenvalue weighted by molar-refractivity contribution is 7.93. The van der Waals surface area contributed by atoms with Crippen molar-refractivity contribution in [2.45, 2.75) is 44.0 Å². The van der Waals surface area contributed by atoms with Crippen molar-refractivity contribution in [1.82, 2.24) is 5.32 Å². The van der Waals surface area contributed by atoms with Crippen LogP contribution in [0.3, 0.4) is 0 Å². The van der Waals surface area contributed by atoms with Crippen molar-refractivity contribution in [3.8, 4) is 5.75 Å². The van der Waals surface area contributed by atoms with Gasteiger partial charge in [0.1, 0.15) is 22.9 Å². The number of ether oxygens (including phenoxy) is 1. The Morgan fingerprint density at radius 1 is 1.05 bits per heavy atom. The Labute approximate surface area is 232 Å². The van der Waals surface area contributed by atoms with E-state index in [-0.39, 0.29) is 36.8 Å². The summed E-state index contributed by atoms with van der Waals surface area (Å²) in [6, 6.07) is 18.6. The standard InChI is InChI=1S/C27H34N4O3S.2ClH/c1-3-4-26(20-7-5-19-6-8-21(27(28)29)18-22(19)17-20)35(32,33)31(2)23-9-11-24(12-10-23)34-25-13-15-30-16-14-25;;/h5-12,17-18,25-26,30H,3-4,13-16H2,1-2H3,(H3,28,29);2*1H. The number of sulfonamides is 1. The molecule has 0 saturated carbocycles. The number of nitrogen functional groups attached to an aromatic ring is 1. The minimum absolute atomic E-state index is 0. The predicted molar refractivity (Wildman–Crippen MR) is 157 cm³/mol. The molecule has 37 heavy (non-hydrogen) atoms. The highest BCUT2D eigenvalue weighted by Gasteiger charge is 2.31. The molecule has 4 rings (SSSR count). The Bertz CT molecular complexity index is 1300. The molecule has 0 aliphatic carbocycles. The van der Waals surface area contributed by atoms with Crippen LogP contribution in [0.2, 0.25) is 0 Å². The van der Waals surface area contributed by atoms with Gasteiger partial charge in [0, 0.05) is 12.6 Å². The summed E-state index contributed by atoms with van der Waals surface area (Å²) < 4.78 is 35.0. The van der Waals surface area contributed by atoms with Crippen LogP contribution in [0.25, 0.3) is 10.8 Å². The number of nitrogens with zero attached hydrogens (tertiary/aromatic N) is 1. The minimum Gasteiger partial charge on any atom is -0.490 e. The van der Waals surface area contributed by atoms with E-state index in [4.69, 9.17) is 15.9 Å². The molecule has 0 amide bonds. The predicted octanol–water partition coefficient (Wildman–Crippen LogP) is 5.41. The Balaban J connectivity index is 0.00000241. The molecule has 0 radical (unpaired) electrons. The van der Waals surface area contributed by atoms with Crippen LogP contribution in [0.15, 0.2) is 60.7 Å². The number of rotatable bonds is 9. The molecule has 4 N–H and O–H groups in total. The largest absolute Gasteiger partial charge is 0.490 e. The van der Waals surface area contributed by atoms with Gasteiger partial charge in [-0.25, -0.2) is 8.42 Å². The van der Waals surface area contributed by atoms with Crippen LogP contribution < -0.4 is 20.1 Å². The molecule has 0 spiro atoms. The highest BCUT2D eigenvalue weighted by Crippen LogP contribution is 2.34. The van der Waals surface area contributed by atoms with E-state index >= 15 is 0 Å². The molecule has 3 aromatic rings. The molecule has 3 aromatic carbocycles. The molecule has 10 heteroatoms. The van der Waals surface area contributed by atoms with Gasteiger partial charge in [-0.3, -0.25) is 9.71 Å². The summed E-state index contributed by atoms with van der Waals surface area (Å²) in [5, 5.41) is 12.2. The number of amidine groups is 1. The summed E-state index contributed by atoms with van der Waals surface area (Å²) >= 11 is 0. The maximum Gasteiger partial charge on any atom is 0.241 e. The highest BCUT2D eigenvalue weighted by atomic mass is 35.5. The van der Waals surface area contributed by atoms with Crippen molar-refractivity contribution < 1.29 is 13.2 Å².